The molecule has 3 heterocycles. The molecule has 1 aromatic carbocycles. The molecule has 0 bridgehead atoms. The van der Waals surface area contributed by atoms with Gasteiger partial charge in [-0.05, 0) is 44.5 Å². The first-order chi connectivity index (χ1) is 14.8. The first kappa shape index (κ1) is 22.3. The smallest absolute Gasteiger partial charge is 0.290 e. The van der Waals surface area contributed by atoms with E-state index in [0.29, 0.717) is 69.0 Å². The Kier molecular flexibility index (Phi) is 6.13. The molecule has 2 aromatic rings. The number of piperazine rings is 1. The normalized spacial score (nSPS) is 19.3. The Balaban J connectivity index is 1.80. The minimum absolute atomic E-state index is 0.191. The fourth-order valence-electron chi connectivity index (χ4n) is 4.38. The third-order valence-corrected chi connectivity index (χ3v) is 8.61. The summed E-state index contributed by atoms with van der Waals surface area (Å²) in [7, 11) is -3.76. The van der Waals surface area contributed by atoms with Crippen molar-refractivity contribution in [1.82, 2.24) is 14.1 Å². The van der Waals surface area contributed by atoms with E-state index in [4.69, 9.17) is 9.15 Å². The van der Waals surface area contributed by atoms with Crippen LogP contribution in [-0.2, 0) is 14.8 Å². The van der Waals surface area contributed by atoms with Gasteiger partial charge >= 0.3 is 0 Å². The summed E-state index contributed by atoms with van der Waals surface area (Å²) < 4.78 is 40.3. The molecule has 0 saturated carbocycles. The molecular formula is C22H31N3O5S. The number of ether oxygens (including phenoxy) is 1. The molecule has 170 valence electrons. The number of fused-ring (bicyclic) bond motifs is 1. The third kappa shape index (κ3) is 3.88. The van der Waals surface area contributed by atoms with Crippen molar-refractivity contribution >= 4 is 26.9 Å². The molecule has 8 nitrogen and oxygen atoms in total. The molecule has 0 atom stereocenters. The van der Waals surface area contributed by atoms with Gasteiger partial charge in [0.1, 0.15) is 4.90 Å². The maximum absolute atomic E-state index is 13.7. The highest BCUT2D eigenvalue weighted by Gasteiger charge is 2.34. The van der Waals surface area contributed by atoms with Crippen LogP contribution in [0.15, 0.2) is 15.4 Å². The number of hydrogen-bond donors (Lipinski definition) is 0. The first-order valence-corrected chi connectivity index (χ1v) is 12.3. The zero-order valence-electron chi connectivity index (χ0n) is 18.7. The van der Waals surface area contributed by atoms with Crippen LogP contribution >= 0.6 is 0 Å². The van der Waals surface area contributed by atoms with E-state index in [1.807, 2.05) is 26.8 Å². The molecule has 4 rings (SSSR count). The van der Waals surface area contributed by atoms with E-state index in [2.05, 4.69) is 11.8 Å². The monoisotopic (exact) mass is 449 g/mol. The molecular weight excluding hydrogens is 418 g/mol. The van der Waals surface area contributed by atoms with Crippen LogP contribution in [0.1, 0.15) is 34.2 Å². The lowest BCUT2D eigenvalue weighted by Gasteiger charge is -2.33. The zero-order valence-corrected chi connectivity index (χ0v) is 19.5. The number of amides is 1. The van der Waals surface area contributed by atoms with E-state index < -0.39 is 10.0 Å². The summed E-state index contributed by atoms with van der Waals surface area (Å²) in [6.45, 7) is 12.8. The Labute approximate surface area is 183 Å². The van der Waals surface area contributed by atoms with Crippen molar-refractivity contribution in [1.29, 1.82) is 0 Å². The molecule has 9 heteroatoms. The molecule has 31 heavy (non-hydrogen) atoms. The number of nitrogens with zero attached hydrogens (tertiary/aromatic N) is 3. The van der Waals surface area contributed by atoms with Gasteiger partial charge in [-0.3, -0.25) is 4.79 Å². The lowest BCUT2D eigenvalue weighted by molar-refractivity contribution is 0.0283. The van der Waals surface area contributed by atoms with Gasteiger partial charge in [0, 0.05) is 50.2 Å². The van der Waals surface area contributed by atoms with Crippen molar-refractivity contribution < 1.29 is 22.4 Å². The Morgan fingerprint density at radius 2 is 1.65 bits per heavy atom. The second-order valence-electron chi connectivity index (χ2n) is 8.32. The Morgan fingerprint density at radius 3 is 2.26 bits per heavy atom. The third-order valence-electron chi connectivity index (χ3n) is 6.56. The number of rotatable bonds is 4. The van der Waals surface area contributed by atoms with Gasteiger partial charge in [0.05, 0.1) is 13.2 Å². The van der Waals surface area contributed by atoms with Crippen molar-refractivity contribution in [3.05, 3.63) is 28.5 Å². The number of morpholine rings is 1. The van der Waals surface area contributed by atoms with Crippen LogP contribution in [0.3, 0.4) is 0 Å². The number of sulfonamides is 1. The number of aryl methyl sites for hydroxylation is 2. The quantitative estimate of drug-likeness (QED) is 0.711. The highest BCUT2D eigenvalue weighted by atomic mass is 32.2. The second-order valence-corrected chi connectivity index (χ2v) is 10.2. The van der Waals surface area contributed by atoms with Crippen molar-refractivity contribution in [3.63, 3.8) is 0 Å². The highest BCUT2D eigenvalue weighted by molar-refractivity contribution is 7.89. The molecule has 0 unspecified atom stereocenters. The zero-order chi connectivity index (χ0) is 22.3. The van der Waals surface area contributed by atoms with Gasteiger partial charge in [0.25, 0.3) is 5.91 Å². The van der Waals surface area contributed by atoms with Crippen molar-refractivity contribution in [2.45, 2.75) is 32.6 Å². The number of carbonyl (C=O) groups excluding carboxylic acids is 1. The Hall–Kier alpha value is -1.94. The van der Waals surface area contributed by atoms with Crippen molar-refractivity contribution in [2.24, 2.45) is 0 Å². The molecule has 2 aliphatic heterocycles. The van der Waals surface area contributed by atoms with Crippen LogP contribution in [0.2, 0.25) is 0 Å². The SMILES string of the molecule is CCN1CCN(S(=O)(=O)c2c(C)c(C)cc3c(C)c(C(=O)N4CCOCC4)oc23)CC1. The fraction of sp³-hybridized carbons (Fsp3) is 0.591. The van der Waals surface area contributed by atoms with E-state index in [0.717, 1.165) is 12.1 Å². The topological polar surface area (TPSA) is 83.3 Å². The van der Waals surface area contributed by atoms with Crippen LogP contribution in [0.25, 0.3) is 11.0 Å². The summed E-state index contributed by atoms with van der Waals surface area (Å²) in [5.41, 5.74) is 2.51. The minimum Gasteiger partial charge on any atom is -0.449 e. The predicted molar refractivity (Wildman–Crippen MR) is 118 cm³/mol. The van der Waals surface area contributed by atoms with Gasteiger partial charge in [0.15, 0.2) is 11.3 Å². The second kappa shape index (κ2) is 8.54. The molecule has 1 amide bonds. The van der Waals surface area contributed by atoms with Crippen LogP contribution in [0.4, 0.5) is 0 Å². The summed E-state index contributed by atoms with van der Waals surface area (Å²) >= 11 is 0. The van der Waals surface area contributed by atoms with Gasteiger partial charge < -0.3 is 19.0 Å². The summed E-state index contributed by atoms with van der Waals surface area (Å²) in [6.07, 6.45) is 0. The summed E-state index contributed by atoms with van der Waals surface area (Å²) in [5.74, 6) is 0.00127. The maximum Gasteiger partial charge on any atom is 0.290 e. The van der Waals surface area contributed by atoms with E-state index in [1.54, 1.807) is 9.21 Å². The number of carbonyl (C=O) groups is 1. The van der Waals surface area contributed by atoms with Gasteiger partial charge in [-0.25, -0.2) is 8.42 Å². The first-order valence-electron chi connectivity index (χ1n) is 10.9. The van der Waals surface area contributed by atoms with Gasteiger partial charge in [0.2, 0.25) is 10.0 Å². The standard InChI is InChI=1S/C22H31N3O5S/c1-5-23-6-8-25(9-7-23)31(27,28)21-16(3)15(2)14-18-17(4)19(30-20(18)21)22(26)24-10-12-29-13-11-24/h14H,5-13H2,1-4H3. The molecule has 0 N–H and O–H groups in total. The molecule has 2 saturated heterocycles. The van der Waals surface area contributed by atoms with Gasteiger partial charge in [-0.1, -0.05) is 6.92 Å². The molecule has 0 spiro atoms. The van der Waals surface area contributed by atoms with Crippen molar-refractivity contribution in [3.8, 4) is 0 Å². The maximum atomic E-state index is 13.7. The predicted octanol–water partition coefficient (Wildman–Crippen LogP) is 2.16. The summed E-state index contributed by atoms with van der Waals surface area (Å²) in [5, 5.41) is 0.686. The Bertz CT molecular complexity index is 1090. The van der Waals surface area contributed by atoms with Crippen LogP contribution < -0.4 is 0 Å². The minimum atomic E-state index is -3.76. The highest BCUT2D eigenvalue weighted by Crippen LogP contribution is 2.36. The largest absolute Gasteiger partial charge is 0.449 e. The molecule has 0 aliphatic carbocycles. The fourth-order valence-corrected chi connectivity index (χ4v) is 6.22. The van der Waals surface area contributed by atoms with E-state index in [1.165, 1.54) is 0 Å². The van der Waals surface area contributed by atoms with Crippen LogP contribution in [0.5, 0.6) is 0 Å². The molecule has 1 aromatic heterocycles. The lowest BCUT2D eigenvalue weighted by atomic mass is 10.0. The Morgan fingerprint density at radius 1 is 1.00 bits per heavy atom. The van der Waals surface area contributed by atoms with Gasteiger partial charge in [-0.2, -0.15) is 4.31 Å². The summed E-state index contributed by atoms with van der Waals surface area (Å²) in [6, 6.07) is 1.92. The number of likely N-dealkylation sites (N-methyl/N-ethyl adjacent to an activating group) is 1. The number of hydrogen-bond acceptors (Lipinski definition) is 6. The molecule has 0 radical (unpaired) electrons. The number of benzene rings is 1. The lowest BCUT2D eigenvalue weighted by Crippen LogP contribution is -2.48. The number of furan rings is 1. The van der Waals surface area contributed by atoms with Gasteiger partial charge in [-0.15, -0.1) is 0 Å². The van der Waals surface area contributed by atoms with E-state index in [-0.39, 0.29) is 22.1 Å². The van der Waals surface area contributed by atoms with Crippen molar-refractivity contribution in [2.75, 3.05) is 59.0 Å². The van der Waals surface area contributed by atoms with E-state index >= 15 is 0 Å². The summed E-state index contributed by atoms with van der Waals surface area (Å²) in [4.78, 5) is 17.2. The molecule has 2 aliphatic rings. The average molecular weight is 450 g/mol. The molecule has 2 fully saturated rings. The van der Waals surface area contributed by atoms with Crippen LogP contribution in [0, 0.1) is 20.8 Å². The average Bonchev–Trinajstić information content (AvgIpc) is 3.10. The van der Waals surface area contributed by atoms with Crippen LogP contribution in [-0.4, -0.2) is 87.5 Å². The van der Waals surface area contributed by atoms with E-state index in [9.17, 15) is 13.2 Å².